The fourth-order valence-corrected chi connectivity index (χ4v) is 5.24. The van der Waals surface area contributed by atoms with E-state index in [4.69, 9.17) is 28.1 Å². The number of hydrogen-bond acceptors (Lipinski definition) is 8. The number of rotatable bonds is 21. The normalized spacial score (nSPS) is 13.6. The Bertz CT molecular complexity index is 1370. The molecule has 0 spiro atoms. The number of nitrogens with one attached hydrogen (secondary N) is 5. The topological polar surface area (TPSA) is 286 Å². The summed E-state index contributed by atoms with van der Waals surface area (Å²) in [5, 5.41) is 18.1. The van der Waals surface area contributed by atoms with Crippen LogP contribution in [0, 0.1) is 11.8 Å². The predicted octanol–water partition coefficient (Wildman–Crippen LogP) is -0.609. The zero-order valence-corrected chi connectivity index (χ0v) is 27.1. The van der Waals surface area contributed by atoms with Crippen LogP contribution in [-0.4, -0.2) is 76.9 Å². The van der Waals surface area contributed by atoms with Gasteiger partial charge in [0.2, 0.25) is 29.5 Å². The number of benzene rings is 1. The van der Waals surface area contributed by atoms with E-state index in [-0.39, 0.29) is 44.1 Å². The number of carbonyl (C=O) groups is 5. The number of aromatic nitrogens is 1. The maximum absolute atomic E-state index is 13.9. The number of primary amides is 1. The van der Waals surface area contributed by atoms with Crippen molar-refractivity contribution in [1.82, 2.24) is 26.4 Å². The van der Waals surface area contributed by atoms with E-state index in [9.17, 15) is 24.0 Å². The van der Waals surface area contributed by atoms with Crippen molar-refractivity contribution in [3.05, 3.63) is 36.0 Å². The molecule has 1 aromatic heterocycles. The third-order valence-corrected chi connectivity index (χ3v) is 7.60. The Balaban J connectivity index is 2.39. The molecule has 2 aromatic rings. The molecule has 0 aliphatic heterocycles. The number of nitrogens with zero attached hydrogens (tertiary/aromatic N) is 1. The number of amides is 5. The Morgan fingerprint density at radius 1 is 0.872 bits per heavy atom. The highest BCUT2D eigenvalue weighted by molar-refractivity contribution is 5.95. The van der Waals surface area contributed by atoms with Crippen LogP contribution in [-0.2, 0) is 30.4 Å². The van der Waals surface area contributed by atoms with Crippen molar-refractivity contribution in [3.8, 4) is 0 Å². The van der Waals surface area contributed by atoms with Gasteiger partial charge in [0, 0.05) is 42.4 Å². The maximum atomic E-state index is 13.9. The zero-order valence-electron chi connectivity index (χ0n) is 27.1. The van der Waals surface area contributed by atoms with E-state index in [1.807, 2.05) is 38.1 Å². The van der Waals surface area contributed by atoms with Gasteiger partial charge in [-0.05, 0) is 62.6 Å². The van der Waals surface area contributed by atoms with Gasteiger partial charge in [0.25, 0.3) is 0 Å². The lowest BCUT2D eigenvalue weighted by Crippen LogP contribution is -2.57. The number of guanidine groups is 1. The molecule has 16 heteroatoms. The maximum Gasteiger partial charge on any atom is 0.244 e. The van der Waals surface area contributed by atoms with Crippen LogP contribution >= 0.6 is 0 Å². The average Bonchev–Trinajstić information content (AvgIpc) is 3.43. The highest BCUT2D eigenvalue weighted by atomic mass is 16.5. The van der Waals surface area contributed by atoms with Crippen molar-refractivity contribution in [2.24, 2.45) is 39.8 Å². The lowest BCUT2D eigenvalue weighted by molar-refractivity contribution is -0.137. The quantitative estimate of drug-likeness (QED) is 0.0269. The molecule has 0 fully saturated rings. The van der Waals surface area contributed by atoms with Gasteiger partial charge in [-0.2, -0.15) is 0 Å². The van der Waals surface area contributed by atoms with E-state index in [2.05, 4.69) is 25.9 Å². The first-order valence-electron chi connectivity index (χ1n) is 15.8. The lowest BCUT2D eigenvalue weighted by atomic mass is 9.92. The second-order valence-corrected chi connectivity index (χ2v) is 11.9. The van der Waals surface area contributed by atoms with Gasteiger partial charge in [-0.25, -0.2) is 5.48 Å². The van der Waals surface area contributed by atoms with Gasteiger partial charge < -0.3 is 43.9 Å². The molecule has 47 heavy (non-hydrogen) atoms. The van der Waals surface area contributed by atoms with Crippen LogP contribution in [0.4, 0.5) is 0 Å². The second kappa shape index (κ2) is 19.7. The number of H-pyrrole nitrogens is 1. The predicted molar refractivity (Wildman–Crippen MR) is 177 cm³/mol. The minimum Gasteiger partial charge on any atom is -0.370 e. The van der Waals surface area contributed by atoms with Crippen LogP contribution in [0.15, 0.2) is 35.5 Å². The first kappa shape index (κ1) is 38.5. The number of carbonyl (C=O) groups excluding carboxylic acids is 5. The molecule has 0 bridgehead atoms. The largest absolute Gasteiger partial charge is 0.370 e. The summed E-state index contributed by atoms with van der Waals surface area (Å²) >= 11 is 0. The van der Waals surface area contributed by atoms with Gasteiger partial charge in [0.05, 0.1) is 0 Å². The van der Waals surface area contributed by atoms with Gasteiger partial charge >= 0.3 is 0 Å². The number of nitrogens with two attached hydrogens (primary N) is 4. The van der Waals surface area contributed by atoms with Crippen molar-refractivity contribution >= 4 is 46.4 Å². The zero-order chi connectivity index (χ0) is 34.9. The Kier molecular flexibility index (Phi) is 16.2. The third kappa shape index (κ3) is 13.3. The standard InChI is InChI=1S/C31H50N10O6/c1-18(2)14-19(16-26(42)41-47)28(44)40-25(15-20-17-37-22-9-4-3-8-21(20)22)30(46)39-24(11-7-13-36-31(34)35)29(45)38-23(27(33)43)10-5-6-12-32/h3-4,8-9,17-19,23-25,37,47H,5-7,10-16,32H2,1-2H3,(H2,33,43)(H,38,45)(H,39,46)(H,40,44)(H,41,42)(H4,34,35,36)/t19-,23+,24+,25+/m1/s1. The van der Waals surface area contributed by atoms with Crippen LogP contribution in [0.5, 0.6) is 0 Å². The molecule has 0 unspecified atom stereocenters. The number of aliphatic imine (C=N–C) groups is 1. The summed E-state index contributed by atoms with van der Waals surface area (Å²) in [6, 6.07) is 4.16. The van der Waals surface area contributed by atoms with E-state index in [1.54, 1.807) is 11.7 Å². The van der Waals surface area contributed by atoms with Gasteiger partial charge in [0.15, 0.2) is 5.96 Å². The van der Waals surface area contributed by atoms with Gasteiger partial charge in [-0.1, -0.05) is 32.0 Å². The summed E-state index contributed by atoms with van der Waals surface area (Å²) < 4.78 is 0. The van der Waals surface area contributed by atoms with Crippen molar-refractivity contribution < 1.29 is 29.2 Å². The van der Waals surface area contributed by atoms with Crippen LogP contribution < -0.4 is 44.4 Å². The van der Waals surface area contributed by atoms with Crippen molar-refractivity contribution in [3.63, 3.8) is 0 Å². The third-order valence-electron chi connectivity index (χ3n) is 7.60. The summed E-state index contributed by atoms with van der Waals surface area (Å²) in [7, 11) is 0. The second-order valence-electron chi connectivity index (χ2n) is 11.9. The molecule has 0 saturated heterocycles. The van der Waals surface area contributed by atoms with Crippen molar-refractivity contribution in [1.29, 1.82) is 0 Å². The molecule has 5 amide bonds. The number of para-hydroxylation sites is 1. The minimum absolute atomic E-state index is 0.0273. The molecule has 2 rings (SSSR count). The van der Waals surface area contributed by atoms with Crippen LogP contribution in [0.1, 0.15) is 64.4 Å². The van der Waals surface area contributed by atoms with Gasteiger partial charge in [0.1, 0.15) is 18.1 Å². The molecule has 1 heterocycles. The number of aromatic amines is 1. The molecule has 0 aliphatic rings. The Hall–Kier alpha value is -4.70. The van der Waals surface area contributed by atoms with Gasteiger partial charge in [-0.15, -0.1) is 0 Å². The average molecular weight is 659 g/mol. The molecule has 14 N–H and O–H groups in total. The highest BCUT2D eigenvalue weighted by Crippen LogP contribution is 2.21. The summed E-state index contributed by atoms with van der Waals surface area (Å²) in [6.45, 7) is 4.36. The van der Waals surface area contributed by atoms with E-state index >= 15 is 0 Å². The molecule has 0 radical (unpaired) electrons. The summed E-state index contributed by atoms with van der Waals surface area (Å²) in [6.07, 6.45) is 3.66. The van der Waals surface area contributed by atoms with Gasteiger partial charge in [-0.3, -0.25) is 34.2 Å². The fourth-order valence-electron chi connectivity index (χ4n) is 5.24. The van der Waals surface area contributed by atoms with Crippen molar-refractivity contribution in [2.45, 2.75) is 83.3 Å². The Morgan fingerprint density at radius 2 is 1.51 bits per heavy atom. The molecule has 0 saturated carbocycles. The first-order valence-corrected chi connectivity index (χ1v) is 15.8. The number of unbranched alkanes of at least 4 members (excludes halogenated alkanes) is 1. The van der Waals surface area contributed by atoms with Crippen LogP contribution in [0.25, 0.3) is 10.9 Å². The molecule has 16 nitrogen and oxygen atoms in total. The Labute approximate surface area is 274 Å². The van der Waals surface area contributed by atoms with Crippen LogP contribution in [0.3, 0.4) is 0 Å². The first-order chi connectivity index (χ1) is 22.4. The minimum atomic E-state index is -1.17. The Morgan fingerprint density at radius 3 is 2.15 bits per heavy atom. The monoisotopic (exact) mass is 658 g/mol. The van der Waals surface area contributed by atoms with Crippen molar-refractivity contribution in [2.75, 3.05) is 13.1 Å². The molecule has 4 atom stereocenters. The lowest BCUT2D eigenvalue weighted by Gasteiger charge is -2.26. The highest BCUT2D eigenvalue weighted by Gasteiger charge is 2.32. The molecule has 260 valence electrons. The van der Waals surface area contributed by atoms with E-state index < -0.39 is 53.6 Å². The summed E-state index contributed by atoms with van der Waals surface area (Å²) in [4.78, 5) is 72.1. The van der Waals surface area contributed by atoms with E-state index in [0.29, 0.717) is 32.2 Å². The summed E-state index contributed by atoms with van der Waals surface area (Å²) in [5.74, 6) is -4.29. The number of hydrogen-bond donors (Lipinski definition) is 10. The SMILES string of the molecule is CC(C)C[C@H](CC(=O)NO)C(=O)N[C@@H](Cc1c[nH]c2ccccc12)C(=O)N[C@@H](CCCN=C(N)N)C(=O)N[C@@H](CCCCN)C(N)=O. The smallest absolute Gasteiger partial charge is 0.244 e. The number of hydroxylamine groups is 1. The molecule has 1 aromatic carbocycles. The van der Waals surface area contributed by atoms with E-state index in [1.165, 1.54) is 0 Å². The summed E-state index contributed by atoms with van der Waals surface area (Å²) in [5.41, 5.74) is 25.1. The molecular weight excluding hydrogens is 608 g/mol. The molecular formula is C31H50N10O6. The van der Waals surface area contributed by atoms with Crippen LogP contribution in [0.2, 0.25) is 0 Å². The molecule has 0 aliphatic carbocycles. The number of fused-ring (bicyclic) bond motifs is 1. The fraction of sp³-hybridized carbons (Fsp3) is 0.548. The van der Waals surface area contributed by atoms with E-state index in [0.717, 1.165) is 16.5 Å².